The van der Waals surface area contributed by atoms with Crippen molar-refractivity contribution >= 4 is 16.6 Å². The van der Waals surface area contributed by atoms with Crippen molar-refractivity contribution in [3.63, 3.8) is 0 Å². The van der Waals surface area contributed by atoms with Crippen molar-refractivity contribution in [3.8, 4) is 11.9 Å². The van der Waals surface area contributed by atoms with Crippen LogP contribution in [0.3, 0.4) is 0 Å². The molecule has 0 aliphatic rings. The minimum atomic E-state index is -4.54. The summed E-state index contributed by atoms with van der Waals surface area (Å²) in [7, 11) is 0. The number of hydrogen-bond donors (Lipinski definition) is 1. The molecule has 132 valence electrons. The van der Waals surface area contributed by atoms with E-state index in [1.165, 1.54) is 18.5 Å². The lowest BCUT2D eigenvalue weighted by Crippen LogP contribution is -2.16. The van der Waals surface area contributed by atoms with Gasteiger partial charge in [-0.05, 0) is 18.2 Å². The van der Waals surface area contributed by atoms with Crippen molar-refractivity contribution < 1.29 is 17.9 Å². The monoisotopic (exact) mass is 358 g/mol. The Bertz CT molecular complexity index is 967. The van der Waals surface area contributed by atoms with Gasteiger partial charge in [0.15, 0.2) is 0 Å². The number of hydrogen-bond acceptors (Lipinski definition) is 5. The molecule has 0 spiro atoms. The fourth-order valence-electron chi connectivity index (χ4n) is 2.46. The number of nitrogens with zero attached hydrogens (tertiary/aromatic N) is 3. The summed E-state index contributed by atoms with van der Waals surface area (Å²) < 4.78 is 43.9. The van der Waals surface area contributed by atoms with E-state index in [-0.39, 0.29) is 13.2 Å². The van der Waals surface area contributed by atoms with E-state index < -0.39 is 17.6 Å². The highest BCUT2D eigenvalue weighted by atomic mass is 19.4. The molecule has 0 saturated heterocycles. The van der Waals surface area contributed by atoms with Crippen LogP contribution in [0.25, 0.3) is 10.9 Å². The molecule has 8 heteroatoms. The molecule has 0 amide bonds. The van der Waals surface area contributed by atoms with E-state index in [9.17, 15) is 18.4 Å². The number of alkyl halides is 3. The van der Waals surface area contributed by atoms with Gasteiger partial charge in [-0.3, -0.25) is 4.98 Å². The van der Waals surface area contributed by atoms with E-state index in [0.717, 1.165) is 11.5 Å². The van der Waals surface area contributed by atoms with Crippen LogP contribution >= 0.6 is 0 Å². The Morgan fingerprint density at radius 2 is 1.92 bits per heavy atom. The average Bonchev–Trinajstić information content (AvgIpc) is 2.64. The quantitative estimate of drug-likeness (QED) is 0.698. The number of para-hydroxylation sites is 1. The van der Waals surface area contributed by atoms with Gasteiger partial charge in [0.2, 0.25) is 5.88 Å². The molecule has 0 fully saturated rings. The molecule has 0 unspecified atom stereocenters. The summed E-state index contributed by atoms with van der Waals surface area (Å²) in [4.78, 5) is 7.84. The van der Waals surface area contributed by atoms with Gasteiger partial charge in [-0.1, -0.05) is 18.2 Å². The molecule has 0 aliphatic carbocycles. The summed E-state index contributed by atoms with van der Waals surface area (Å²) in [6, 6.07) is 11.4. The maximum Gasteiger partial charge on any atom is 0.421 e. The van der Waals surface area contributed by atoms with Crippen LogP contribution in [0.4, 0.5) is 18.9 Å². The Balaban J connectivity index is 1.72. The molecule has 0 bridgehead atoms. The molecule has 3 aromatic rings. The molecule has 2 heterocycles. The Morgan fingerprint density at radius 3 is 2.69 bits per heavy atom. The highest BCUT2D eigenvalue weighted by Gasteiger charge is 2.34. The van der Waals surface area contributed by atoms with Crippen molar-refractivity contribution in [2.24, 2.45) is 0 Å². The van der Waals surface area contributed by atoms with Gasteiger partial charge >= 0.3 is 6.18 Å². The predicted molar refractivity (Wildman–Crippen MR) is 89.7 cm³/mol. The normalized spacial score (nSPS) is 11.2. The lowest BCUT2D eigenvalue weighted by atomic mass is 10.1. The molecule has 1 N–H and O–H groups in total. The number of halogens is 3. The van der Waals surface area contributed by atoms with Crippen LogP contribution in [0, 0.1) is 11.3 Å². The van der Waals surface area contributed by atoms with Gasteiger partial charge in [-0.2, -0.15) is 18.4 Å². The topological polar surface area (TPSA) is 70.8 Å². The number of anilines is 1. The Morgan fingerprint density at radius 1 is 1.12 bits per heavy atom. The van der Waals surface area contributed by atoms with Crippen molar-refractivity contribution in [2.75, 3.05) is 18.5 Å². The molecular formula is C18H13F3N4O. The molecule has 2 aromatic heterocycles. The lowest BCUT2D eigenvalue weighted by Gasteiger charge is -2.14. The standard InChI is InChI=1S/C18H13F3N4O/c19-18(20,21)14-5-3-7-24-17(14)26-9-8-23-16-12(10-22)11-25-15-6-2-1-4-13(15)16/h1-7,11H,8-9H2,(H,23,25). The van der Waals surface area contributed by atoms with E-state index in [1.54, 1.807) is 0 Å². The summed E-state index contributed by atoms with van der Waals surface area (Å²) in [6.45, 7) is 0.137. The van der Waals surface area contributed by atoms with Crippen molar-refractivity contribution in [1.82, 2.24) is 9.97 Å². The van der Waals surface area contributed by atoms with Crippen molar-refractivity contribution in [3.05, 3.63) is 59.9 Å². The van der Waals surface area contributed by atoms with Gasteiger partial charge < -0.3 is 10.1 Å². The SMILES string of the molecule is N#Cc1cnc2ccccc2c1NCCOc1ncccc1C(F)(F)F. The third kappa shape index (κ3) is 3.67. The maximum atomic E-state index is 12.9. The molecule has 0 aliphatic heterocycles. The van der Waals surface area contributed by atoms with Crippen molar-refractivity contribution in [1.29, 1.82) is 5.26 Å². The molecular weight excluding hydrogens is 345 g/mol. The molecule has 3 rings (SSSR count). The number of aromatic nitrogens is 2. The fraction of sp³-hybridized carbons (Fsp3) is 0.167. The van der Waals surface area contributed by atoms with Crippen LogP contribution in [0.15, 0.2) is 48.8 Å². The van der Waals surface area contributed by atoms with Crippen LogP contribution in [-0.4, -0.2) is 23.1 Å². The second-order valence-electron chi connectivity index (χ2n) is 5.30. The molecule has 0 radical (unpaired) electrons. The Labute approximate surface area is 147 Å². The zero-order valence-corrected chi connectivity index (χ0v) is 13.4. The summed E-state index contributed by atoms with van der Waals surface area (Å²) in [5.74, 6) is -0.470. The third-order valence-electron chi connectivity index (χ3n) is 3.62. The molecule has 0 atom stereocenters. The Hall–Kier alpha value is -3.34. The average molecular weight is 358 g/mol. The number of benzene rings is 1. The Kier molecular flexibility index (Phi) is 4.89. The highest BCUT2D eigenvalue weighted by molar-refractivity contribution is 5.93. The number of rotatable bonds is 5. The first-order valence-corrected chi connectivity index (χ1v) is 7.67. The number of pyridine rings is 2. The zero-order chi connectivity index (χ0) is 18.6. The van der Waals surface area contributed by atoms with E-state index in [0.29, 0.717) is 16.8 Å². The number of fused-ring (bicyclic) bond motifs is 1. The minimum absolute atomic E-state index is 0.0540. The van der Waals surface area contributed by atoms with Crippen LogP contribution in [0.2, 0.25) is 0 Å². The second-order valence-corrected chi connectivity index (χ2v) is 5.30. The molecule has 26 heavy (non-hydrogen) atoms. The summed E-state index contributed by atoms with van der Waals surface area (Å²) in [6.07, 6.45) is -1.85. The van der Waals surface area contributed by atoms with Gasteiger partial charge in [0.1, 0.15) is 18.2 Å². The largest absolute Gasteiger partial charge is 0.475 e. The smallest absolute Gasteiger partial charge is 0.421 e. The first kappa shape index (κ1) is 17.5. The first-order valence-electron chi connectivity index (χ1n) is 7.67. The van der Waals surface area contributed by atoms with Crippen LogP contribution < -0.4 is 10.1 Å². The van der Waals surface area contributed by atoms with Gasteiger partial charge in [0.05, 0.1) is 16.8 Å². The van der Waals surface area contributed by atoms with Crippen LogP contribution in [0.5, 0.6) is 5.88 Å². The molecule has 5 nitrogen and oxygen atoms in total. The number of nitriles is 1. The summed E-state index contributed by atoms with van der Waals surface area (Å²) >= 11 is 0. The van der Waals surface area contributed by atoms with Gasteiger partial charge in [-0.15, -0.1) is 0 Å². The lowest BCUT2D eigenvalue weighted by molar-refractivity contribution is -0.139. The van der Waals surface area contributed by atoms with E-state index in [4.69, 9.17) is 4.74 Å². The van der Waals surface area contributed by atoms with Crippen molar-refractivity contribution in [2.45, 2.75) is 6.18 Å². The third-order valence-corrected chi connectivity index (χ3v) is 3.62. The summed E-state index contributed by atoms with van der Waals surface area (Å²) in [5, 5.41) is 13.0. The predicted octanol–water partition coefficient (Wildman–Crippen LogP) is 4.01. The fourth-order valence-corrected chi connectivity index (χ4v) is 2.46. The maximum absolute atomic E-state index is 12.9. The minimum Gasteiger partial charge on any atom is -0.475 e. The van der Waals surface area contributed by atoms with Gasteiger partial charge in [0.25, 0.3) is 0 Å². The van der Waals surface area contributed by atoms with Gasteiger partial charge in [0, 0.05) is 24.3 Å². The molecule has 0 saturated carbocycles. The number of ether oxygens (including phenoxy) is 1. The summed E-state index contributed by atoms with van der Waals surface area (Å²) in [5.41, 5.74) is 0.697. The van der Waals surface area contributed by atoms with E-state index in [1.807, 2.05) is 30.3 Å². The zero-order valence-electron chi connectivity index (χ0n) is 13.4. The van der Waals surface area contributed by atoms with E-state index in [2.05, 4.69) is 15.3 Å². The van der Waals surface area contributed by atoms with E-state index >= 15 is 0 Å². The van der Waals surface area contributed by atoms with Crippen LogP contribution in [-0.2, 0) is 6.18 Å². The second kappa shape index (κ2) is 7.27. The number of nitrogens with one attached hydrogen (secondary N) is 1. The van der Waals surface area contributed by atoms with Crippen LogP contribution in [0.1, 0.15) is 11.1 Å². The first-order chi connectivity index (χ1) is 12.5. The molecule has 1 aromatic carbocycles. The van der Waals surface area contributed by atoms with Gasteiger partial charge in [-0.25, -0.2) is 4.98 Å². The highest BCUT2D eigenvalue weighted by Crippen LogP contribution is 2.34.